The van der Waals surface area contributed by atoms with Crippen molar-refractivity contribution in [3.05, 3.63) is 0 Å². The molecule has 3 atom stereocenters. The predicted octanol–water partition coefficient (Wildman–Crippen LogP) is 0.428. The van der Waals surface area contributed by atoms with Gasteiger partial charge in [-0.05, 0) is 25.3 Å². The van der Waals surface area contributed by atoms with Crippen LogP contribution in [0.1, 0.15) is 19.8 Å². The molecule has 2 aliphatic rings. The first-order chi connectivity index (χ1) is 4.81. The van der Waals surface area contributed by atoms with Gasteiger partial charge in [0.05, 0.1) is 0 Å². The molecule has 2 heteroatoms. The summed E-state index contributed by atoms with van der Waals surface area (Å²) >= 11 is 0. The minimum atomic E-state index is 0.485. The summed E-state index contributed by atoms with van der Waals surface area (Å²) < 4.78 is 0. The van der Waals surface area contributed by atoms with Gasteiger partial charge in [-0.1, -0.05) is 6.92 Å². The number of hydrogen-bond acceptors (Lipinski definition) is 2. The maximum Gasteiger partial charge on any atom is 0.0250 e. The smallest absolute Gasteiger partial charge is 0.0250 e. The second kappa shape index (κ2) is 2.21. The van der Waals surface area contributed by atoms with Crippen LogP contribution in [0, 0.1) is 5.92 Å². The Morgan fingerprint density at radius 3 is 2.70 bits per heavy atom. The van der Waals surface area contributed by atoms with E-state index in [1.54, 1.807) is 0 Å². The first kappa shape index (κ1) is 6.62. The van der Waals surface area contributed by atoms with E-state index >= 15 is 0 Å². The molecule has 1 saturated heterocycles. The molecule has 1 aliphatic heterocycles. The molecule has 2 bridgehead atoms. The molecule has 0 unspecified atom stereocenters. The van der Waals surface area contributed by atoms with E-state index in [4.69, 9.17) is 5.73 Å². The SMILES string of the molecule is CCN1C[C@@H]2C[C@@H](N)[C@H]1C2. The molecule has 10 heavy (non-hydrogen) atoms. The third-order valence-corrected chi connectivity index (χ3v) is 3.04. The van der Waals surface area contributed by atoms with E-state index in [0.717, 1.165) is 12.0 Å². The maximum atomic E-state index is 5.94. The Labute approximate surface area is 62.4 Å². The van der Waals surface area contributed by atoms with Crippen LogP contribution >= 0.6 is 0 Å². The van der Waals surface area contributed by atoms with Crippen molar-refractivity contribution in [1.82, 2.24) is 4.90 Å². The number of rotatable bonds is 1. The molecule has 2 fully saturated rings. The number of likely N-dealkylation sites (tertiary alicyclic amines) is 1. The zero-order valence-electron chi connectivity index (χ0n) is 6.59. The molecule has 0 spiro atoms. The topological polar surface area (TPSA) is 29.3 Å². The lowest BCUT2D eigenvalue weighted by Gasteiger charge is -2.29. The number of nitrogens with two attached hydrogens (primary N) is 1. The number of piperidine rings is 1. The zero-order chi connectivity index (χ0) is 7.14. The van der Waals surface area contributed by atoms with Gasteiger partial charge in [-0.25, -0.2) is 0 Å². The second-order valence-electron chi connectivity index (χ2n) is 3.66. The number of hydrogen-bond donors (Lipinski definition) is 1. The Balaban J connectivity index is 2.06. The van der Waals surface area contributed by atoms with E-state index in [-0.39, 0.29) is 0 Å². The summed E-state index contributed by atoms with van der Waals surface area (Å²) in [5.41, 5.74) is 5.94. The highest BCUT2D eigenvalue weighted by molar-refractivity contribution is 4.99. The van der Waals surface area contributed by atoms with Crippen LogP contribution in [0.15, 0.2) is 0 Å². The van der Waals surface area contributed by atoms with Gasteiger partial charge in [0.15, 0.2) is 0 Å². The molecule has 2 N–H and O–H groups in total. The van der Waals surface area contributed by atoms with Crippen molar-refractivity contribution in [2.75, 3.05) is 13.1 Å². The van der Waals surface area contributed by atoms with Crippen LogP contribution < -0.4 is 5.73 Å². The van der Waals surface area contributed by atoms with E-state index in [1.807, 2.05) is 0 Å². The molecular weight excluding hydrogens is 124 g/mol. The van der Waals surface area contributed by atoms with Crippen molar-refractivity contribution in [3.63, 3.8) is 0 Å². The lowest BCUT2D eigenvalue weighted by Crippen LogP contribution is -2.45. The highest BCUT2D eigenvalue weighted by Crippen LogP contribution is 2.36. The van der Waals surface area contributed by atoms with Gasteiger partial charge in [-0.15, -0.1) is 0 Å². The Hall–Kier alpha value is -0.0800. The summed E-state index contributed by atoms with van der Waals surface area (Å²) in [6.07, 6.45) is 2.65. The quantitative estimate of drug-likeness (QED) is 0.572. The summed E-state index contributed by atoms with van der Waals surface area (Å²) in [4.78, 5) is 2.53. The number of fused-ring (bicyclic) bond motifs is 2. The van der Waals surface area contributed by atoms with E-state index in [1.165, 1.54) is 25.9 Å². The fraction of sp³-hybridized carbons (Fsp3) is 1.00. The third kappa shape index (κ3) is 0.789. The van der Waals surface area contributed by atoms with Crippen LogP contribution in [0.25, 0.3) is 0 Å². The normalized spacial score (nSPS) is 46.8. The van der Waals surface area contributed by atoms with E-state index < -0.39 is 0 Å². The van der Waals surface area contributed by atoms with Gasteiger partial charge in [-0.2, -0.15) is 0 Å². The molecule has 2 nitrogen and oxygen atoms in total. The fourth-order valence-corrected chi connectivity index (χ4v) is 2.55. The number of likely N-dealkylation sites (N-methyl/N-ethyl adjacent to an activating group) is 1. The summed E-state index contributed by atoms with van der Waals surface area (Å²) in [5.74, 6) is 0.931. The summed E-state index contributed by atoms with van der Waals surface area (Å²) in [6.45, 7) is 4.73. The first-order valence-corrected chi connectivity index (χ1v) is 4.31. The molecule has 0 radical (unpaired) electrons. The van der Waals surface area contributed by atoms with Gasteiger partial charge in [0, 0.05) is 18.6 Å². The van der Waals surface area contributed by atoms with Crippen LogP contribution in [0.5, 0.6) is 0 Å². The van der Waals surface area contributed by atoms with Crippen molar-refractivity contribution in [2.24, 2.45) is 11.7 Å². The minimum Gasteiger partial charge on any atom is -0.326 e. The number of nitrogens with zero attached hydrogens (tertiary/aromatic N) is 1. The Kier molecular flexibility index (Phi) is 1.46. The molecule has 58 valence electrons. The molecule has 0 amide bonds. The van der Waals surface area contributed by atoms with Gasteiger partial charge in [0.2, 0.25) is 0 Å². The Morgan fingerprint density at radius 2 is 2.30 bits per heavy atom. The lowest BCUT2D eigenvalue weighted by atomic mass is 10.1. The van der Waals surface area contributed by atoms with Gasteiger partial charge in [-0.3, -0.25) is 4.90 Å². The fourth-order valence-electron chi connectivity index (χ4n) is 2.55. The van der Waals surface area contributed by atoms with Crippen molar-refractivity contribution in [3.8, 4) is 0 Å². The van der Waals surface area contributed by atoms with Crippen LogP contribution in [0.3, 0.4) is 0 Å². The molecule has 1 aliphatic carbocycles. The van der Waals surface area contributed by atoms with Gasteiger partial charge in [0.1, 0.15) is 0 Å². The van der Waals surface area contributed by atoms with Crippen LogP contribution in [-0.4, -0.2) is 30.1 Å². The van der Waals surface area contributed by atoms with E-state index in [0.29, 0.717) is 6.04 Å². The molecule has 1 saturated carbocycles. The average Bonchev–Trinajstić information content (AvgIpc) is 2.44. The van der Waals surface area contributed by atoms with Crippen molar-refractivity contribution in [1.29, 1.82) is 0 Å². The summed E-state index contributed by atoms with van der Waals surface area (Å²) in [6, 6.07) is 1.22. The van der Waals surface area contributed by atoms with Crippen molar-refractivity contribution >= 4 is 0 Å². The third-order valence-electron chi connectivity index (χ3n) is 3.04. The highest BCUT2D eigenvalue weighted by Gasteiger charge is 2.41. The molecule has 0 aromatic carbocycles. The molecule has 2 rings (SSSR count). The van der Waals surface area contributed by atoms with E-state index in [9.17, 15) is 0 Å². The lowest BCUT2D eigenvalue weighted by molar-refractivity contribution is 0.203. The van der Waals surface area contributed by atoms with Crippen molar-refractivity contribution < 1.29 is 0 Å². The standard InChI is InChI=1S/C8H16N2/c1-2-10-5-6-3-7(9)8(10)4-6/h6-8H,2-5,9H2,1H3/t6-,7-,8-/m1/s1. The average molecular weight is 140 g/mol. The first-order valence-electron chi connectivity index (χ1n) is 4.31. The largest absolute Gasteiger partial charge is 0.326 e. The monoisotopic (exact) mass is 140 g/mol. The molecule has 0 aromatic heterocycles. The van der Waals surface area contributed by atoms with E-state index in [2.05, 4.69) is 11.8 Å². The summed E-state index contributed by atoms with van der Waals surface area (Å²) in [5, 5.41) is 0. The minimum absolute atomic E-state index is 0.485. The van der Waals surface area contributed by atoms with Gasteiger partial charge >= 0.3 is 0 Å². The Morgan fingerprint density at radius 1 is 1.50 bits per heavy atom. The van der Waals surface area contributed by atoms with Crippen LogP contribution in [0.2, 0.25) is 0 Å². The second-order valence-corrected chi connectivity index (χ2v) is 3.66. The highest BCUT2D eigenvalue weighted by atomic mass is 15.2. The van der Waals surface area contributed by atoms with Crippen molar-refractivity contribution in [2.45, 2.75) is 31.8 Å². The molecular formula is C8H16N2. The maximum absolute atomic E-state index is 5.94. The van der Waals surface area contributed by atoms with Crippen LogP contribution in [-0.2, 0) is 0 Å². The Bertz CT molecular complexity index is 133. The summed E-state index contributed by atoms with van der Waals surface area (Å²) in [7, 11) is 0. The zero-order valence-corrected chi connectivity index (χ0v) is 6.59. The molecule has 0 aromatic rings. The predicted molar refractivity (Wildman–Crippen MR) is 41.7 cm³/mol. The molecule has 1 heterocycles. The van der Waals surface area contributed by atoms with Crippen LogP contribution in [0.4, 0.5) is 0 Å². The van der Waals surface area contributed by atoms with Gasteiger partial charge < -0.3 is 5.73 Å². The van der Waals surface area contributed by atoms with Gasteiger partial charge in [0.25, 0.3) is 0 Å².